The summed E-state index contributed by atoms with van der Waals surface area (Å²) in [6.07, 6.45) is 3.71. The van der Waals surface area contributed by atoms with E-state index in [1.54, 1.807) is 4.90 Å². The molecule has 1 fully saturated rings. The van der Waals surface area contributed by atoms with Crippen LogP contribution >= 0.6 is 0 Å². The van der Waals surface area contributed by atoms with Crippen molar-refractivity contribution in [1.29, 1.82) is 5.26 Å². The zero-order valence-corrected chi connectivity index (χ0v) is 10.8. The topological polar surface area (TPSA) is 73.4 Å². The molecule has 0 aromatic carbocycles. The Balaban J connectivity index is 2.23. The smallest absolute Gasteiger partial charge is 0.323 e. The van der Waals surface area contributed by atoms with Gasteiger partial charge in [-0.3, -0.25) is 5.01 Å². The molecule has 0 atom stereocenters. The van der Waals surface area contributed by atoms with Gasteiger partial charge in [-0.15, -0.1) is 0 Å². The summed E-state index contributed by atoms with van der Waals surface area (Å²) in [5, 5.41) is 10.2. The van der Waals surface area contributed by atoms with E-state index in [1.807, 2.05) is 13.8 Å². The highest BCUT2D eigenvalue weighted by atomic mass is 16.2. The van der Waals surface area contributed by atoms with Crippen molar-refractivity contribution in [2.45, 2.75) is 39.5 Å². The molecule has 17 heavy (non-hydrogen) atoms. The molecular weight excluding hydrogens is 216 g/mol. The predicted molar refractivity (Wildman–Crippen MR) is 65.7 cm³/mol. The van der Waals surface area contributed by atoms with Crippen LogP contribution in [-0.4, -0.2) is 35.6 Å². The molecule has 0 unspecified atom stereocenters. The fourth-order valence-corrected chi connectivity index (χ4v) is 1.94. The van der Waals surface area contributed by atoms with Crippen molar-refractivity contribution in [3.63, 3.8) is 0 Å². The second-order valence-electron chi connectivity index (χ2n) is 5.27. The number of hydrogen-bond acceptors (Lipinski definition) is 3. The Morgan fingerprint density at radius 1 is 1.41 bits per heavy atom. The number of hydrogen-bond donors (Lipinski definition) is 1. The van der Waals surface area contributed by atoms with Gasteiger partial charge in [0.25, 0.3) is 0 Å². The number of nitrogens with zero attached hydrogens (tertiary/aromatic N) is 3. The average molecular weight is 238 g/mol. The van der Waals surface area contributed by atoms with Crippen molar-refractivity contribution in [1.82, 2.24) is 9.91 Å². The Bertz CT molecular complexity index is 308. The van der Waals surface area contributed by atoms with Gasteiger partial charge < -0.3 is 4.90 Å². The average Bonchev–Trinajstić information content (AvgIpc) is 2.30. The van der Waals surface area contributed by atoms with Crippen molar-refractivity contribution in [2.75, 3.05) is 19.6 Å². The predicted octanol–water partition coefficient (Wildman–Crippen LogP) is 1.71. The number of nitriles is 1. The van der Waals surface area contributed by atoms with E-state index >= 15 is 0 Å². The number of nitrogens with two attached hydrogens (primary N) is 1. The Kier molecular flexibility index (Phi) is 4.76. The van der Waals surface area contributed by atoms with Crippen molar-refractivity contribution in [3.8, 4) is 6.07 Å². The van der Waals surface area contributed by atoms with Gasteiger partial charge in [0.05, 0.1) is 11.5 Å². The Morgan fingerprint density at radius 3 is 2.76 bits per heavy atom. The van der Waals surface area contributed by atoms with Gasteiger partial charge in [0.15, 0.2) is 0 Å². The van der Waals surface area contributed by atoms with Crippen LogP contribution in [0.1, 0.15) is 39.5 Å². The number of hydrazine groups is 1. The molecule has 0 bridgehead atoms. The first-order valence-electron chi connectivity index (χ1n) is 6.19. The normalized spacial score (nSPS) is 17.2. The molecule has 0 aliphatic carbocycles. The summed E-state index contributed by atoms with van der Waals surface area (Å²) in [6.45, 7) is 6.08. The minimum atomic E-state index is -0.258. The van der Waals surface area contributed by atoms with E-state index in [4.69, 9.17) is 11.1 Å². The van der Waals surface area contributed by atoms with Crippen molar-refractivity contribution in [3.05, 3.63) is 0 Å². The molecule has 1 heterocycles. The second-order valence-corrected chi connectivity index (χ2v) is 5.27. The minimum absolute atomic E-state index is 0.0733. The molecule has 1 rings (SSSR count). The second kappa shape index (κ2) is 5.87. The number of carbonyl (C=O) groups is 1. The summed E-state index contributed by atoms with van der Waals surface area (Å²) in [7, 11) is 0. The summed E-state index contributed by atoms with van der Waals surface area (Å²) in [4.78, 5) is 13.4. The van der Waals surface area contributed by atoms with Gasteiger partial charge in [0.2, 0.25) is 0 Å². The monoisotopic (exact) mass is 238 g/mol. The largest absolute Gasteiger partial charge is 0.334 e. The van der Waals surface area contributed by atoms with Crippen LogP contribution in [0.25, 0.3) is 0 Å². The zero-order valence-electron chi connectivity index (χ0n) is 10.8. The van der Waals surface area contributed by atoms with Crippen LogP contribution in [0.15, 0.2) is 0 Å². The SMILES string of the molecule is CC(C)(C#N)CCCCN1CCCN(N)C1=O. The molecule has 2 N–H and O–H groups in total. The van der Waals surface area contributed by atoms with Crippen LogP contribution < -0.4 is 5.84 Å². The van der Waals surface area contributed by atoms with Crippen LogP contribution in [0.2, 0.25) is 0 Å². The zero-order chi connectivity index (χ0) is 12.9. The van der Waals surface area contributed by atoms with E-state index in [-0.39, 0.29) is 11.4 Å². The van der Waals surface area contributed by atoms with Crippen LogP contribution in [0, 0.1) is 16.7 Å². The quantitative estimate of drug-likeness (QED) is 0.450. The highest BCUT2D eigenvalue weighted by Gasteiger charge is 2.23. The summed E-state index contributed by atoms with van der Waals surface area (Å²) in [5.41, 5.74) is -0.258. The number of amides is 2. The van der Waals surface area contributed by atoms with Gasteiger partial charge in [-0.25, -0.2) is 10.6 Å². The summed E-state index contributed by atoms with van der Waals surface area (Å²) < 4.78 is 0. The van der Waals surface area contributed by atoms with Crippen molar-refractivity contribution < 1.29 is 4.79 Å². The molecule has 1 aliphatic heterocycles. The van der Waals surface area contributed by atoms with Gasteiger partial charge in [0.1, 0.15) is 0 Å². The van der Waals surface area contributed by atoms with E-state index in [0.717, 1.165) is 38.8 Å². The number of rotatable bonds is 5. The molecule has 0 spiro atoms. The molecule has 1 saturated heterocycles. The maximum Gasteiger partial charge on any atom is 0.334 e. The van der Waals surface area contributed by atoms with Crippen LogP contribution in [0.3, 0.4) is 0 Å². The summed E-state index contributed by atoms with van der Waals surface area (Å²) in [6, 6.07) is 2.21. The van der Waals surface area contributed by atoms with Gasteiger partial charge in [-0.1, -0.05) is 6.42 Å². The Labute approximate surface area is 103 Å². The molecule has 0 radical (unpaired) electrons. The molecule has 2 amide bonds. The lowest BCUT2D eigenvalue weighted by Gasteiger charge is -2.32. The van der Waals surface area contributed by atoms with E-state index in [9.17, 15) is 4.79 Å². The lowest BCUT2D eigenvalue weighted by atomic mass is 9.89. The van der Waals surface area contributed by atoms with Gasteiger partial charge in [-0.2, -0.15) is 5.26 Å². The van der Waals surface area contributed by atoms with Gasteiger partial charge >= 0.3 is 6.03 Å². The van der Waals surface area contributed by atoms with E-state index in [2.05, 4.69) is 6.07 Å². The summed E-state index contributed by atoms with van der Waals surface area (Å²) >= 11 is 0. The van der Waals surface area contributed by atoms with Gasteiger partial charge in [-0.05, 0) is 33.1 Å². The van der Waals surface area contributed by atoms with Crippen LogP contribution in [-0.2, 0) is 0 Å². The number of carbonyl (C=O) groups excluding carboxylic acids is 1. The van der Waals surface area contributed by atoms with E-state index < -0.39 is 0 Å². The lowest BCUT2D eigenvalue weighted by molar-refractivity contribution is 0.129. The third kappa shape index (κ3) is 4.23. The molecule has 1 aliphatic rings. The molecule has 5 heteroatoms. The fourth-order valence-electron chi connectivity index (χ4n) is 1.94. The van der Waals surface area contributed by atoms with Crippen LogP contribution in [0.5, 0.6) is 0 Å². The number of unbranched alkanes of at least 4 members (excludes halogenated alkanes) is 1. The lowest BCUT2D eigenvalue weighted by Crippen LogP contribution is -2.52. The molecule has 0 aromatic heterocycles. The first kappa shape index (κ1) is 13.8. The first-order chi connectivity index (χ1) is 7.96. The van der Waals surface area contributed by atoms with Crippen molar-refractivity contribution >= 4 is 6.03 Å². The number of urea groups is 1. The molecule has 0 aromatic rings. The maximum atomic E-state index is 11.6. The first-order valence-corrected chi connectivity index (χ1v) is 6.19. The molecule has 5 nitrogen and oxygen atoms in total. The van der Waals surface area contributed by atoms with E-state index in [0.29, 0.717) is 6.54 Å². The highest BCUT2D eigenvalue weighted by molar-refractivity contribution is 5.74. The minimum Gasteiger partial charge on any atom is -0.323 e. The third-order valence-electron chi connectivity index (χ3n) is 3.13. The highest BCUT2D eigenvalue weighted by Crippen LogP contribution is 2.21. The Morgan fingerprint density at radius 2 is 2.12 bits per heavy atom. The Hall–Kier alpha value is -1.28. The fraction of sp³-hybridized carbons (Fsp3) is 0.833. The molecular formula is C12H22N4O. The maximum absolute atomic E-state index is 11.6. The van der Waals surface area contributed by atoms with Crippen molar-refractivity contribution in [2.24, 2.45) is 11.3 Å². The standard InChI is InChI=1S/C12H22N4O/c1-12(2,10-13)6-3-4-7-15-8-5-9-16(14)11(15)17/h3-9,14H2,1-2H3. The van der Waals surface area contributed by atoms with Gasteiger partial charge in [0, 0.05) is 19.6 Å². The molecule has 96 valence electrons. The summed E-state index contributed by atoms with van der Waals surface area (Å²) in [5.74, 6) is 5.56. The third-order valence-corrected chi connectivity index (χ3v) is 3.13. The molecule has 0 saturated carbocycles. The van der Waals surface area contributed by atoms with E-state index in [1.165, 1.54) is 5.01 Å². The van der Waals surface area contributed by atoms with Crippen LogP contribution in [0.4, 0.5) is 4.79 Å².